The molecule has 2 rings (SSSR count). The van der Waals surface area contributed by atoms with E-state index in [1.807, 2.05) is 23.5 Å². The first kappa shape index (κ1) is 11.7. The minimum absolute atomic E-state index is 0.453. The van der Waals surface area contributed by atoms with E-state index in [-0.39, 0.29) is 0 Å². The molecule has 0 saturated carbocycles. The van der Waals surface area contributed by atoms with Crippen LogP contribution in [0.2, 0.25) is 0 Å². The van der Waals surface area contributed by atoms with Crippen molar-refractivity contribution in [3.63, 3.8) is 0 Å². The summed E-state index contributed by atoms with van der Waals surface area (Å²) < 4.78 is 10.4. The molecular weight excluding hydrogens is 204 g/mol. The van der Waals surface area contributed by atoms with Crippen molar-refractivity contribution in [2.45, 2.75) is 31.1 Å². The average Bonchev–Trinajstić information content (AvgIpc) is 2.58. The van der Waals surface area contributed by atoms with Crippen LogP contribution < -0.4 is 0 Å². The molecule has 2 unspecified atom stereocenters. The van der Waals surface area contributed by atoms with E-state index in [1.54, 1.807) is 0 Å². The molecular formula is C9H18O2S2. The van der Waals surface area contributed by atoms with Crippen LogP contribution in [0.4, 0.5) is 0 Å². The Kier molecular flexibility index (Phi) is 6.28. The molecule has 0 bridgehead atoms. The maximum atomic E-state index is 5.24. The Labute approximate surface area is 89.1 Å². The Balaban J connectivity index is 0.000000132. The third-order valence-electron chi connectivity index (χ3n) is 1.78. The highest BCUT2D eigenvalue weighted by Gasteiger charge is 2.07. The van der Waals surface area contributed by atoms with E-state index < -0.39 is 0 Å². The molecule has 2 atom stereocenters. The van der Waals surface area contributed by atoms with Crippen LogP contribution in [0.1, 0.15) is 20.3 Å². The van der Waals surface area contributed by atoms with E-state index in [4.69, 9.17) is 9.47 Å². The minimum atomic E-state index is 0.453. The second kappa shape index (κ2) is 6.98. The van der Waals surface area contributed by atoms with Gasteiger partial charge in [0, 0.05) is 12.4 Å². The molecule has 2 heterocycles. The molecule has 0 spiro atoms. The zero-order valence-electron chi connectivity index (χ0n) is 8.32. The summed E-state index contributed by atoms with van der Waals surface area (Å²) in [7, 11) is 0. The van der Waals surface area contributed by atoms with Crippen molar-refractivity contribution in [1.82, 2.24) is 0 Å². The van der Waals surface area contributed by atoms with Crippen LogP contribution in [0.25, 0.3) is 0 Å². The van der Waals surface area contributed by atoms with E-state index in [0.717, 1.165) is 13.2 Å². The summed E-state index contributed by atoms with van der Waals surface area (Å²) in [5, 5.41) is 0. The third-order valence-corrected chi connectivity index (χ3v) is 3.92. The van der Waals surface area contributed by atoms with Crippen molar-refractivity contribution < 1.29 is 9.47 Å². The molecule has 0 amide bonds. The van der Waals surface area contributed by atoms with Gasteiger partial charge in [0.2, 0.25) is 0 Å². The summed E-state index contributed by atoms with van der Waals surface area (Å²) in [6, 6.07) is 0. The summed E-state index contributed by atoms with van der Waals surface area (Å²) >= 11 is 3.77. The highest BCUT2D eigenvalue weighted by molar-refractivity contribution is 8.00. The number of hydrogen-bond acceptors (Lipinski definition) is 4. The fourth-order valence-electron chi connectivity index (χ4n) is 1.08. The van der Waals surface area contributed by atoms with Gasteiger partial charge in [-0.05, 0) is 26.0 Å². The van der Waals surface area contributed by atoms with Crippen molar-refractivity contribution in [3.05, 3.63) is 0 Å². The smallest absolute Gasteiger partial charge is 0.100 e. The second-order valence-electron chi connectivity index (χ2n) is 2.97. The van der Waals surface area contributed by atoms with E-state index in [1.165, 1.54) is 17.9 Å². The maximum absolute atomic E-state index is 5.24. The van der Waals surface area contributed by atoms with Crippen LogP contribution >= 0.6 is 23.5 Å². The number of hydrogen-bond donors (Lipinski definition) is 0. The van der Waals surface area contributed by atoms with E-state index in [2.05, 4.69) is 13.8 Å². The van der Waals surface area contributed by atoms with Gasteiger partial charge < -0.3 is 9.47 Å². The fraction of sp³-hybridized carbons (Fsp3) is 1.00. The van der Waals surface area contributed by atoms with Gasteiger partial charge in [0.1, 0.15) is 5.44 Å². The van der Waals surface area contributed by atoms with Crippen molar-refractivity contribution in [2.24, 2.45) is 0 Å². The summed E-state index contributed by atoms with van der Waals surface area (Å²) in [5.74, 6) is 2.46. The third kappa shape index (κ3) is 5.83. The fourth-order valence-corrected chi connectivity index (χ4v) is 2.61. The lowest BCUT2D eigenvalue weighted by Gasteiger charge is -2.16. The molecule has 0 N–H and O–H groups in total. The van der Waals surface area contributed by atoms with Gasteiger partial charge in [-0.25, -0.2) is 0 Å². The van der Waals surface area contributed by atoms with Gasteiger partial charge in [0.15, 0.2) is 0 Å². The van der Waals surface area contributed by atoms with Gasteiger partial charge in [-0.1, -0.05) is 0 Å². The Morgan fingerprint density at radius 1 is 0.923 bits per heavy atom. The first-order valence-corrected chi connectivity index (χ1v) is 6.85. The Bertz CT molecular complexity index is 121. The number of thioether (sulfide) groups is 2. The Hall–Kier alpha value is 0.620. The van der Waals surface area contributed by atoms with Gasteiger partial charge >= 0.3 is 0 Å². The van der Waals surface area contributed by atoms with Gasteiger partial charge in [0.25, 0.3) is 0 Å². The van der Waals surface area contributed by atoms with Crippen LogP contribution in [0.5, 0.6) is 0 Å². The molecule has 0 aliphatic carbocycles. The van der Waals surface area contributed by atoms with Crippen LogP contribution in [0.15, 0.2) is 0 Å². The SMILES string of the molecule is CC1OCCCS1.CC1OCCS1. The molecule has 13 heavy (non-hydrogen) atoms. The highest BCUT2D eigenvalue weighted by Crippen LogP contribution is 2.18. The predicted molar refractivity (Wildman–Crippen MR) is 60.4 cm³/mol. The van der Waals surface area contributed by atoms with Crippen LogP contribution in [-0.4, -0.2) is 35.6 Å². The molecule has 0 aromatic heterocycles. The van der Waals surface area contributed by atoms with Gasteiger partial charge in [-0.15, -0.1) is 23.5 Å². The van der Waals surface area contributed by atoms with Crippen LogP contribution in [0.3, 0.4) is 0 Å². The van der Waals surface area contributed by atoms with Crippen LogP contribution in [0, 0.1) is 0 Å². The van der Waals surface area contributed by atoms with Crippen molar-refractivity contribution >= 4 is 23.5 Å². The average molecular weight is 222 g/mol. The monoisotopic (exact) mass is 222 g/mol. The molecule has 2 fully saturated rings. The van der Waals surface area contributed by atoms with Gasteiger partial charge in [-0.3, -0.25) is 0 Å². The standard InChI is InChI=1S/C5H10OS.C4H8OS/c1-5-6-3-2-4-7-5;1-4-5-2-3-6-4/h5H,2-4H2,1H3;4H,2-3H2,1H3. The molecule has 0 aromatic rings. The summed E-state index contributed by atoms with van der Waals surface area (Å²) in [4.78, 5) is 0. The first-order valence-electron chi connectivity index (χ1n) is 4.75. The van der Waals surface area contributed by atoms with E-state index in [0.29, 0.717) is 10.9 Å². The molecule has 2 aliphatic rings. The molecule has 4 heteroatoms. The summed E-state index contributed by atoms with van der Waals surface area (Å²) in [6.07, 6.45) is 1.23. The molecule has 2 aliphatic heterocycles. The molecule has 2 saturated heterocycles. The van der Waals surface area contributed by atoms with Crippen LogP contribution in [-0.2, 0) is 9.47 Å². The first-order chi connectivity index (χ1) is 6.29. The predicted octanol–water partition coefficient (Wildman–Crippen LogP) is 2.58. The minimum Gasteiger partial charge on any atom is -0.368 e. The van der Waals surface area contributed by atoms with Crippen molar-refractivity contribution in [2.75, 3.05) is 24.7 Å². The number of rotatable bonds is 0. The van der Waals surface area contributed by atoms with Crippen molar-refractivity contribution in [3.8, 4) is 0 Å². The molecule has 0 aromatic carbocycles. The van der Waals surface area contributed by atoms with E-state index in [9.17, 15) is 0 Å². The van der Waals surface area contributed by atoms with Gasteiger partial charge in [0.05, 0.1) is 12.0 Å². The maximum Gasteiger partial charge on any atom is 0.100 e. The molecule has 78 valence electrons. The zero-order chi connectivity index (χ0) is 9.52. The zero-order valence-corrected chi connectivity index (χ0v) is 9.96. The highest BCUT2D eigenvalue weighted by atomic mass is 32.2. The Morgan fingerprint density at radius 3 is 1.69 bits per heavy atom. The quantitative estimate of drug-likeness (QED) is 0.627. The second-order valence-corrected chi connectivity index (χ2v) is 5.78. The lowest BCUT2D eigenvalue weighted by Crippen LogP contribution is -2.11. The van der Waals surface area contributed by atoms with Gasteiger partial charge in [-0.2, -0.15) is 0 Å². The molecule has 0 radical (unpaired) electrons. The molecule has 2 nitrogen and oxygen atoms in total. The lowest BCUT2D eigenvalue weighted by atomic mass is 10.5. The normalized spacial score (nSPS) is 33.7. The summed E-state index contributed by atoms with van der Waals surface area (Å²) in [5.41, 5.74) is 0.916. The van der Waals surface area contributed by atoms with Crippen molar-refractivity contribution in [1.29, 1.82) is 0 Å². The van der Waals surface area contributed by atoms with E-state index >= 15 is 0 Å². The lowest BCUT2D eigenvalue weighted by molar-refractivity contribution is 0.117. The number of ether oxygens (including phenoxy) is 2. The Morgan fingerprint density at radius 2 is 1.54 bits per heavy atom. The topological polar surface area (TPSA) is 18.5 Å². The summed E-state index contributed by atoms with van der Waals surface area (Å²) in [6.45, 7) is 6.10. The largest absolute Gasteiger partial charge is 0.368 e.